The Balaban J connectivity index is 0.00000819. The summed E-state index contributed by atoms with van der Waals surface area (Å²) < 4.78 is 14.1. The molecule has 0 fully saturated rings. The minimum Gasteiger partial charge on any atom is -0.492 e. The zero-order chi connectivity index (χ0) is 42.7. The Bertz CT molecular complexity index is 2200. The molecule has 0 radical (unpaired) electrons. The molecule has 4 aromatic rings. The number of hydrogen-bond donors (Lipinski definition) is 1. The number of nitro groups is 1. The van der Waals surface area contributed by atoms with Gasteiger partial charge in [-0.2, -0.15) is 0 Å². The van der Waals surface area contributed by atoms with Crippen LogP contribution in [0.1, 0.15) is 57.1 Å². The predicted molar refractivity (Wildman–Crippen MR) is 258 cm³/mol. The molecule has 0 bridgehead atoms. The molecule has 61 heavy (non-hydrogen) atoms. The average Bonchev–Trinajstić information content (AvgIpc) is 3.24. The van der Waals surface area contributed by atoms with Gasteiger partial charge in [-0.25, -0.2) is 0 Å². The van der Waals surface area contributed by atoms with Crippen LogP contribution in [0.4, 0.5) is 17.1 Å². The van der Waals surface area contributed by atoms with Gasteiger partial charge in [0.2, 0.25) is 0 Å². The zero-order valence-corrected chi connectivity index (χ0v) is 40.3. The summed E-state index contributed by atoms with van der Waals surface area (Å²) in [6.07, 6.45) is 22.5. The Morgan fingerprint density at radius 1 is 0.918 bits per heavy atom. The first-order chi connectivity index (χ1) is 29.1. The van der Waals surface area contributed by atoms with E-state index in [2.05, 4.69) is 99.8 Å². The minimum absolute atomic E-state index is 0. The van der Waals surface area contributed by atoms with Gasteiger partial charge in [0, 0.05) is 60.5 Å². The van der Waals surface area contributed by atoms with E-state index in [1.807, 2.05) is 91.1 Å². The van der Waals surface area contributed by atoms with E-state index in [0.29, 0.717) is 25.7 Å². The third kappa shape index (κ3) is 16.9. The van der Waals surface area contributed by atoms with Crippen LogP contribution in [-0.2, 0) is 23.5 Å². The summed E-state index contributed by atoms with van der Waals surface area (Å²) >= 11 is 8.63. The number of nitrogens with two attached hydrogens (primary N) is 1. The average molecular weight is 1010 g/mol. The molecule has 7 nitrogen and oxygen atoms in total. The molecule has 1 atom stereocenters. The van der Waals surface area contributed by atoms with Crippen molar-refractivity contribution < 1.29 is 36.8 Å². The number of benzene rings is 4. The Kier molecular flexibility index (Phi) is 21.4. The molecule has 0 saturated heterocycles. The van der Waals surface area contributed by atoms with Crippen LogP contribution in [0.15, 0.2) is 170 Å². The monoisotopic (exact) mass is 1010 g/mol. The Morgan fingerprint density at radius 3 is 2.25 bits per heavy atom. The molecule has 4 aromatic carbocycles. The van der Waals surface area contributed by atoms with E-state index in [9.17, 15) is 10.1 Å². The largest absolute Gasteiger partial charge is 0.492 e. The van der Waals surface area contributed by atoms with E-state index in [-0.39, 0.29) is 27.7 Å². The van der Waals surface area contributed by atoms with Crippen molar-refractivity contribution in [2.75, 3.05) is 31.2 Å². The van der Waals surface area contributed by atoms with Crippen LogP contribution in [-0.4, -0.2) is 31.2 Å². The second-order valence-electron chi connectivity index (χ2n) is 14.8. The van der Waals surface area contributed by atoms with E-state index < -0.39 is 0 Å². The third-order valence-electron chi connectivity index (χ3n) is 10.2. The molecule has 0 aromatic heterocycles. The van der Waals surface area contributed by atoms with Gasteiger partial charge in [0.15, 0.2) is 0 Å². The van der Waals surface area contributed by atoms with Crippen molar-refractivity contribution in [3.05, 3.63) is 186 Å². The van der Waals surface area contributed by atoms with Crippen molar-refractivity contribution in [3.63, 3.8) is 0 Å². The third-order valence-corrected chi connectivity index (χ3v) is 12.3. The van der Waals surface area contributed by atoms with Gasteiger partial charge in [-0.05, 0) is 142 Å². The van der Waals surface area contributed by atoms with Gasteiger partial charge in [-0.1, -0.05) is 105 Å². The Hall–Kier alpha value is -4.09. The molecule has 2 N–H and O–H groups in total. The van der Waals surface area contributed by atoms with Gasteiger partial charge in [-0.3, -0.25) is 10.1 Å². The van der Waals surface area contributed by atoms with Crippen molar-refractivity contribution in [3.8, 4) is 11.5 Å². The first-order valence-electron chi connectivity index (χ1n) is 20.6. The topological polar surface area (TPSA) is 81.5 Å². The molecule has 5 rings (SSSR count). The number of ether oxygens (including phenoxy) is 2. The fourth-order valence-corrected chi connectivity index (χ4v) is 8.38. The maximum Gasteiger partial charge on any atom is 0.269 e. The van der Waals surface area contributed by atoms with Gasteiger partial charge in [-0.15, -0.1) is 0 Å². The summed E-state index contributed by atoms with van der Waals surface area (Å²) in [4.78, 5) is 16.0. The molecule has 0 aliphatic heterocycles. The number of thioether (sulfide) groups is 1. The molecule has 1 aliphatic carbocycles. The number of quaternary nitrogens is 1. The smallest absolute Gasteiger partial charge is 0.269 e. The standard InChI is InChI=1S/C50H55Br2N3O4S.Fe/c1-5-44(12-10-8-6-7-9-11-39(4)60-50-35-38(3)15-29-48(50)53-31-33-58-46-25-20-42(51)21-26-46)54(32-34-59-47-27-22-43(52)23-28-47)49-30-24-45(55(56)57)36-41(49)19-18-40-16-13-37(2)14-17-40;/h6-13,15,20-30,35-36,40,53H,4-5,14,16-19,31-34H2,1-3H3;/p+1/b7-6+,10-8+,11-9+,44-12+;. The predicted octanol–water partition coefficient (Wildman–Crippen LogP) is 13.5. The molecule has 0 spiro atoms. The zero-order valence-electron chi connectivity index (χ0n) is 35.2. The van der Waals surface area contributed by atoms with Crippen molar-refractivity contribution in [2.24, 2.45) is 5.92 Å². The minimum atomic E-state index is -0.294. The van der Waals surface area contributed by atoms with Gasteiger partial charge in [0.1, 0.15) is 36.9 Å². The molecular formula is C50H56Br2FeN3O4S+. The summed E-state index contributed by atoms with van der Waals surface area (Å²) in [5.74, 6) is 2.23. The summed E-state index contributed by atoms with van der Waals surface area (Å²) in [6.45, 7) is 13.2. The van der Waals surface area contributed by atoms with Crippen molar-refractivity contribution in [1.29, 1.82) is 0 Å². The summed E-state index contributed by atoms with van der Waals surface area (Å²) in [7, 11) is 0. The summed E-state index contributed by atoms with van der Waals surface area (Å²) in [6, 6.07) is 27.5. The van der Waals surface area contributed by atoms with Crippen LogP contribution in [0.25, 0.3) is 0 Å². The second kappa shape index (κ2) is 26.4. The molecule has 1 unspecified atom stereocenters. The van der Waals surface area contributed by atoms with Gasteiger partial charge >= 0.3 is 0 Å². The molecule has 322 valence electrons. The van der Waals surface area contributed by atoms with Crippen LogP contribution >= 0.6 is 43.6 Å². The van der Waals surface area contributed by atoms with Crippen LogP contribution in [0.5, 0.6) is 11.5 Å². The van der Waals surface area contributed by atoms with Gasteiger partial charge in [0.25, 0.3) is 5.69 Å². The molecule has 11 heteroatoms. The van der Waals surface area contributed by atoms with E-state index >= 15 is 0 Å². The summed E-state index contributed by atoms with van der Waals surface area (Å²) in [5.41, 5.74) is 7.03. The quantitative estimate of drug-likeness (QED) is 0.0123. The fourth-order valence-electron chi connectivity index (χ4n) is 6.91. The number of nitrogens with zero attached hydrogens (tertiary/aromatic N) is 2. The number of allylic oxidation sites excluding steroid dienone is 10. The van der Waals surface area contributed by atoms with Crippen molar-refractivity contribution in [2.45, 2.75) is 64.2 Å². The number of rotatable bonds is 22. The van der Waals surface area contributed by atoms with E-state index in [1.54, 1.807) is 23.9 Å². The second-order valence-corrected chi connectivity index (χ2v) is 17.8. The Morgan fingerprint density at radius 2 is 1.59 bits per heavy atom. The normalized spacial score (nSPS) is 14.3. The van der Waals surface area contributed by atoms with Gasteiger partial charge in [0.05, 0.1) is 16.4 Å². The van der Waals surface area contributed by atoms with Crippen LogP contribution in [0.2, 0.25) is 0 Å². The molecule has 0 saturated carbocycles. The fraction of sp³-hybridized carbons (Fsp3) is 0.280. The Labute approximate surface area is 394 Å². The number of nitro benzene ring substituents is 1. The van der Waals surface area contributed by atoms with Crippen LogP contribution in [0, 0.1) is 23.0 Å². The molecule has 0 heterocycles. The number of halogens is 2. The number of hydrogen-bond acceptors (Lipinski definition) is 6. The first kappa shape index (κ1) is 49.6. The maximum atomic E-state index is 11.9. The van der Waals surface area contributed by atoms with E-state index in [4.69, 9.17) is 9.47 Å². The molecular weight excluding hydrogens is 954 g/mol. The number of anilines is 1. The maximum absolute atomic E-state index is 11.9. The molecule has 0 amide bonds. The van der Waals surface area contributed by atoms with Crippen LogP contribution < -0.4 is 19.7 Å². The van der Waals surface area contributed by atoms with Crippen molar-refractivity contribution in [1.82, 2.24) is 0 Å². The van der Waals surface area contributed by atoms with E-state index in [0.717, 1.165) is 87.4 Å². The van der Waals surface area contributed by atoms with Crippen molar-refractivity contribution >= 4 is 60.7 Å². The van der Waals surface area contributed by atoms with Crippen LogP contribution in [0.3, 0.4) is 0 Å². The number of non-ortho nitro benzene ring substituents is 1. The molecule has 1 aliphatic rings. The van der Waals surface area contributed by atoms with E-state index in [1.165, 1.54) is 21.7 Å². The van der Waals surface area contributed by atoms with Gasteiger partial charge < -0.3 is 19.7 Å². The number of aryl methyl sites for hydroxylation is 2. The SMILES string of the molecule is C=C(/C=C/C=C/C=C/C=C(\CC)N(CCOc1ccc(Br)cc1)c1ccc([N+](=O)[O-])cc1CCC1CC=C(C)CC1)Sc1cc(C)ccc1[NH2+]CCOc1ccc(Br)cc1.[Fe]. The summed E-state index contributed by atoms with van der Waals surface area (Å²) in [5, 5.41) is 14.1. The first-order valence-corrected chi connectivity index (χ1v) is 23.0.